The number of likely N-dealkylation sites (tertiary alicyclic amines) is 3. The number of benzene rings is 1. The molecule has 1 aromatic rings. The summed E-state index contributed by atoms with van der Waals surface area (Å²) in [6.07, 6.45) is 9.55. The Balaban J connectivity index is 0.00000272. The summed E-state index contributed by atoms with van der Waals surface area (Å²) in [5.74, 6) is 1.86. The van der Waals surface area contributed by atoms with Gasteiger partial charge in [-0.1, -0.05) is 37.1 Å². The minimum Gasteiger partial charge on any atom is -0.352 e. The fourth-order valence-corrected chi connectivity index (χ4v) is 5.43. The summed E-state index contributed by atoms with van der Waals surface area (Å²) in [6.45, 7) is 10.6. The molecule has 1 unspecified atom stereocenters. The van der Waals surface area contributed by atoms with Gasteiger partial charge in [-0.2, -0.15) is 0 Å². The van der Waals surface area contributed by atoms with E-state index in [4.69, 9.17) is 0 Å². The zero-order valence-electron chi connectivity index (χ0n) is 19.4. The van der Waals surface area contributed by atoms with E-state index >= 15 is 0 Å². The van der Waals surface area contributed by atoms with E-state index in [9.17, 15) is 0 Å². The van der Waals surface area contributed by atoms with Crippen LogP contribution in [0, 0.1) is 5.92 Å². The van der Waals surface area contributed by atoms with Crippen molar-refractivity contribution in [2.45, 2.75) is 58.0 Å². The van der Waals surface area contributed by atoms with Crippen LogP contribution in [-0.2, 0) is 13.1 Å². The second-order valence-corrected chi connectivity index (χ2v) is 9.47. The first kappa shape index (κ1) is 24.8. The number of guanidine groups is 1. The van der Waals surface area contributed by atoms with E-state index in [1.54, 1.807) is 0 Å². The van der Waals surface area contributed by atoms with Gasteiger partial charge in [0, 0.05) is 39.8 Å². The predicted octanol–water partition coefficient (Wildman–Crippen LogP) is 4.17. The number of aliphatic imine (C=N–C) groups is 1. The lowest BCUT2D eigenvalue weighted by Gasteiger charge is -2.25. The van der Waals surface area contributed by atoms with Crippen molar-refractivity contribution in [2.75, 3.05) is 52.9 Å². The Bertz CT molecular complexity index is 680. The normalized spacial score (nSPS) is 23.6. The van der Waals surface area contributed by atoms with Crippen LogP contribution in [0.4, 0.5) is 0 Å². The third-order valence-corrected chi connectivity index (χ3v) is 7.16. The number of rotatable bonds is 6. The summed E-state index contributed by atoms with van der Waals surface area (Å²) in [4.78, 5) is 12.4. The van der Waals surface area contributed by atoms with Crippen LogP contribution in [0.2, 0.25) is 0 Å². The molecule has 0 aliphatic carbocycles. The first-order valence-electron chi connectivity index (χ1n) is 12.3. The molecule has 0 amide bonds. The van der Waals surface area contributed by atoms with Crippen LogP contribution in [0.1, 0.15) is 56.1 Å². The fourth-order valence-electron chi connectivity index (χ4n) is 5.43. The molecule has 0 saturated carbocycles. The topological polar surface area (TPSA) is 34.1 Å². The standard InChI is InChI=1S/C25H41N5.HI/c1-26-25(30-17-12-22(20-30)19-28-15-8-9-16-28)27-18-23-10-4-5-11-24(23)21-29-13-6-2-3-7-14-29;/h4-5,10-11,22H,2-3,6-9,12-21H2,1H3,(H,26,27);1H. The van der Waals surface area contributed by atoms with E-state index < -0.39 is 0 Å². The first-order chi connectivity index (χ1) is 14.8. The molecule has 3 fully saturated rings. The van der Waals surface area contributed by atoms with Crippen LogP contribution in [-0.4, -0.2) is 73.5 Å². The third-order valence-electron chi connectivity index (χ3n) is 7.16. The molecule has 0 radical (unpaired) electrons. The van der Waals surface area contributed by atoms with Gasteiger partial charge >= 0.3 is 0 Å². The summed E-state index contributed by atoms with van der Waals surface area (Å²) in [7, 11) is 1.93. The van der Waals surface area contributed by atoms with Crippen LogP contribution < -0.4 is 5.32 Å². The Hall–Kier alpha value is -0.860. The number of halogens is 1. The van der Waals surface area contributed by atoms with Gasteiger partial charge < -0.3 is 15.1 Å². The van der Waals surface area contributed by atoms with Crippen LogP contribution in [0.5, 0.6) is 0 Å². The average Bonchev–Trinajstić information content (AvgIpc) is 3.38. The van der Waals surface area contributed by atoms with Gasteiger partial charge in [0.2, 0.25) is 0 Å². The minimum atomic E-state index is 0. The smallest absolute Gasteiger partial charge is 0.193 e. The van der Waals surface area contributed by atoms with Crippen LogP contribution >= 0.6 is 24.0 Å². The lowest BCUT2D eigenvalue weighted by molar-refractivity contribution is 0.276. The summed E-state index contributed by atoms with van der Waals surface area (Å²) in [5.41, 5.74) is 2.88. The maximum atomic E-state index is 4.62. The SMILES string of the molecule is CN=C(NCc1ccccc1CN1CCCCCC1)N1CCC(CN2CCCC2)C1.I. The molecule has 6 heteroatoms. The van der Waals surface area contributed by atoms with E-state index in [1.807, 2.05) is 7.05 Å². The van der Waals surface area contributed by atoms with E-state index in [0.717, 1.165) is 38.1 Å². The average molecular weight is 540 g/mol. The predicted molar refractivity (Wildman–Crippen MR) is 141 cm³/mol. The number of nitrogens with one attached hydrogen (secondary N) is 1. The summed E-state index contributed by atoms with van der Waals surface area (Å²) < 4.78 is 0. The van der Waals surface area contributed by atoms with Crippen LogP contribution in [0.15, 0.2) is 29.3 Å². The molecular formula is C25H42IN5. The largest absolute Gasteiger partial charge is 0.352 e. The molecule has 1 N–H and O–H groups in total. The summed E-state index contributed by atoms with van der Waals surface area (Å²) in [5, 5.41) is 3.68. The second-order valence-electron chi connectivity index (χ2n) is 9.47. The minimum absolute atomic E-state index is 0. The maximum Gasteiger partial charge on any atom is 0.193 e. The van der Waals surface area contributed by atoms with Crippen molar-refractivity contribution in [3.8, 4) is 0 Å². The molecule has 1 atom stereocenters. The Morgan fingerprint density at radius 2 is 1.55 bits per heavy atom. The third kappa shape index (κ3) is 7.32. The lowest BCUT2D eigenvalue weighted by Crippen LogP contribution is -2.40. The molecule has 3 aliphatic rings. The highest BCUT2D eigenvalue weighted by atomic mass is 127. The molecular weight excluding hydrogens is 497 g/mol. The van der Waals surface area contributed by atoms with E-state index in [-0.39, 0.29) is 24.0 Å². The van der Waals surface area contributed by atoms with Crippen molar-refractivity contribution in [3.63, 3.8) is 0 Å². The first-order valence-corrected chi connectivity index (χ1v) is 12.3. The van der Waals surface area contributed by atoms with Gasteiger partial charge in [-0.05, 0) is 75.3 Å². The van der Waals surface area contributed by atoms with Gasteiger partial charge in [-0.25, -0.2) is 0 Å². The highest BCUT2D eigenvalue weighted by molar-refractivity contribution is 14.0. The number of hydrogen-bond donors (Lipinski definition) is 1. The van der Waals surface area contributed by atoms with Gasteiger partial charge in [0.15, 0.2) is 5.96 Å². The summed E-state index contributed by atoms with van der Waals surface area (Å²) in [6, 6.07) is 8.96. The van der Waals surface area contributed by atoms with Gasteiger partial charge in [-0.3, -0.25) is 9.89 Å². The summed E-state index contributed by atoms with van der Waals surface area (Å²) >= 11 is 0. The maximum absolute atomic E-state index is 4.62. The molecule has 1 aromatic carbocycles. The molecule has 4 rings (SSSR count). The molecule has 3 aliphatic heterocycles. The highest BCUT2D eigenvalue weighted by Gasteiger charge is 2.27. The molecule has 3 heterocycles. The van der Waals surface area contributed by atoms with Crippen molar-refractivity contribution >= 4 is 29.9 Å². The highest BCUT2D eigenvalue weighted by Crippen LogP contribution is 2.21. The van der Waals surface area contributed by atoms with Crippen LogP contribution in [0.3, 0.4) is 0 Å². The molecule has 0 bridgehead atoms. The zero-order valence-corrected chi connectivity index (χ0v) is 21.7. The fraction of sp³-hybridized carbons (Fsp3) is 0.720. The van der Waals surface area contributed by atoms with Gasteiger partial charge in [-0.15, -0.1) is 24.0 Å². The van der Waals surface area contributed by atoms with Crippen molar-refractivity contribution in [1.82, 2.24) is 20.0 Å². The molecule has 174 valence electrons. The lowest BCUT2D eigenvalue weighted by atomic mass is 10.1. The molecule has 5 nitrogen and oxygen atoms in total. The Kier molecular flexibility index (Phi) is 10.4. The number of hydrogen-bond acceptors (Lipinski definition) is 3. The van der Waals surface area contributed by atoms with E-state index in [2.05, 4.69) is 49.3 Å². The van der Waals surface area contributed by atoms with E-state index in [1.165, 1.54) is 88.8 Å². The van der Waals surface area contributed by atoms with Crippen molar-refractivity contribution in [3.05, 3.63) is 35.4 Å². The van der Waals surface area contributed by atoms with Gasteiger partial charge in [0.1, 0.15) is 0 Å². The van der Waals surface area contributed by atoms with Crippen molar-refractivity contribution in [2.24, 2.45) is 10.9 Å². The van der Waals surface area contributed by atoms with Gasteiger partial charge in [0.25, 0.3) is 0 Å². The molecule has 0 aromatic heterocycles. The number of nitrogens with zero attached hydrogens (tertiary/aromatic N) is 4. The van der Waals surface area contributed by atoms with E-state index in [0.29, 0.717) is 0 Å². The van der Waals surface area contributed by atoms with Gasteiger partial charge in [0.05, 0.1) is 0 Å². The Morgan fingerprint density at radius 3 is 2.26 bits per heavy atom. The molecule has 31 heavy (non-hydrogen) atoms. The second kappa shape index (κ2) is 13.0. The molecule has 0 spiro atoms. The Morgan fingerprint density at radius 1 is 0.903 bits per heavy atom. The zero-order chi connectivity index (χ0) is 20.6. The van der Waals surface area contributed by atoms with Crippen LogP contribution in [0.25, 0.3) is 0 Å². The molecule has 3 saturated heterocycles. The quantitative estimate of drug-likeness (QED) is 0.334. The Labute approximate surface area is 206 Å². The van der Waals surface area contributed by atoms with Crippen molar-refractivity contribution < 1.29 is 0 Å². The monoisotopic (exact) mass is 539 g/mol. The van der Waals surface area contributed by atoms with Crippen molar-refractivity contribution in [1.29, 1.82) is 0 Å².